The molecule has 18 heavy (non-hydrogen) atoms. The van der Waals surface area contributed by atoms with Crippen LogP contribution in [0.2, 0.25) is 0 Å². The summed E-state index contributed by atoms with van der Waals surface area (Å²) in [6.07, 6.45) is 1.68. The molecule has 0 aromatic heterocycles. The molecule has 0 saturated carbocycles. The Labute approximate surface area is 106 Å². The van der Waals surface area contributed by atoms with Crippen molar-refractivity contribution in [2.75, 3.05) is 0 Å². The van der Waals surface area contributed by atoms with Gasteiger partial charge in [0.05, 0.1) is 0 Å². The standard InChI is InChI=1S/C15H16O3/c1-3-6-9(2)12-13(16)10-7-4-5-8-11(10)14(17)15(12)18/h4-5,7-9,18H,3,6H2,1-2H3. The molecular weight excluding hydrogens is 228 g/mol. The number of hydrogen-bond donors (Lipinski definition) is 1. The second kappa shape index (κ2) is 4.77. The number of Topliss-reactive ketones (excluding diaryl/α,β-unsaturated/α-hetero) is 2. The van der Waals surface area contributed by atoms with Crippen molar-refractivity contribution in [3.05, 3.63) is 46.7 Å². The number of allylic oxidation sites excluding steroid dienone is 2. The van der Waals surface area contributed by atoms with Crippen molar-refractivity contribution in [3.63, 3.8) is 0 Å². The van der Waals surface area contributed by atoms with Gasteiger partial charge in [0.15, 0.2) is 11.5 Å². The summed E-state index contributed by atoms with van der Waals surface area (Å²) in [5, 5.41) is 9.96. The minimum absolute atomic E-state index is 0.0974. The van der Waals surface area contributed by atoms with Crippen LogP contribution in [0.25, 0.3) is 0 Å². The maximum absolute atomic E-state index is 12.3. The first kappa shape index (κ1) is 12.6. The van der Waals surface area contributed by atoms with Gasteiger partial charge in [-0.3, -0.25) is 9.59 Å². The van der Waals surface area contributed by atoms with Gasteiger partial charge in [0.2, 0.25) is 5.78 Å². The van der Waals surface area contributed by atoms with Gasteiger partial charge in [-0.25, -0.2) is 0 Å². The molecule has 2 rings (SSSR count). The zero-order chi connectivity index (χ0) is 13.3. The number of carbonyl (C=O) groups is 2. The molecule has 94 valence electrons. The Hall–Kier alpha value is -1.90. The van der Waals surface area contributed by atoms with Gasteiger partial charge in [-0.05, 0) is 12.3 Å². The molecule has 3 nitrogen and oxygen atoms in total. The average molecular weight is 244 g/mol. The highest BCUT2D eigenvalue weighted by atomic mass is 16.3. The third-order valence-corrected chi connectivity index (χ3v) is 3.35. The van der Waals surface area contributed by atoms with Crippen LogP contribution in [0.5, 0.6) is 0 Å². The van der Waals surface area contributed by atoms with Gasteiger partial charge in [0, 0.05) is 16.7 Å². The highest BCUT2D eigenvalue weighted by Crippen LogP contribution is 2.30. The van der Waals surface area contributed by atoms with Gasteiger partial charge in [-0.1, -0.05) is 44.5 Å². The SMILES string of the molecule is CCCC(C)C1=C(O)C(=O)c2ccccc2C1=O. The molecule has 1 aliphatic rings. The summed E-state index contributed by atoms with van der Waals surface area (Å²) in [5.74, 6) is -1.13. The van der Waals surface area contributed by atoms with E-state index in [1.807, 2.05) is 13.8 Å². The molecule has 0 saturated heterocycles. The molecule has 1 aliphatic carbocycles. The molecule has 1 aromatic carbocycles. The van der Waals surface area contributed by atoms with Crippen molar-refractivity contribution in [1.82, 2.24) is 0 Å². The van der Waals surface area contributed by atoms with E-state index in [1.54, 1.807) is 24.3 Å². The summed E-state index contributed by atoms with van der Waals surface area (Å²) in [7, 11) is 0. The van der Waals surface area contributed by atoms with E-state index in [1.165, 1.54) is 0 Å². The smallest absolute Gasteiger partial charge is 0.228 e. The molecule has 0 fully saturated rings. The number of carbonyl (C=O) groups excluding carboxylic acids is 2. The summed E-state index contributed by atoms with van der Waals surface area (Å²) >= 11 is 0. The fraction of sp³-hybridized carbons (Fsp3) is 0.333. The third-order valence-electron chi connectivity index (χ3n) is 3.35. The number of ketones is 2. The molecule has 0 bridgehead atoms. The zero-order valence-corrected chi connectivity index (χ0v) is 10.6. The van der Waals surface area contributed by atoms with Crippen LogP contribution in [0.3, 0.4) is 0 Å². The molecule has 0 heterocycles. The lowest BCUT2D eigenvalue weighted by molar-refractivity contribution is 0.0919. The molecular formula is C15H16O3. The Bertz CT molecular complexity index is 540. The summed E-state index contributed by atoms with van der Waals surface area (Å²) in [5.41, 5.74) is 0.964. The quantitative estimate of drug-likeness (QED) is 0.887. The van der Waals surface area contributed by atoms with E-state index in [-0.39, 0.29) is 23.0 Å². The van der Waals surface area contributed by atoms with Gasteiger partial charge in [0.1, 0.15) is 0 Å². The second-order valence-corrected chi connectivity index (χ2v) is 4.66. The monoisotopic (exact) mass is 244 g/mol. The second-order valence-electron chi connectivity index (χ2n) is 4.66. The summed E-state index contributed by atoms with van der Waals surface area (Å²) in [4.78, 5) is 24.3. The highest BCUT2D eigenvalue weighted by Gasteiger charge is 2.33. The number of rotatable bonds is 3. The number of benzene rings is 1. The fourth-order valence-corrected chi connectivity index (χ4v) is 2.42. The Morgan fingerprint density at radius 1 is 1.11 bits per heavy atom. The van der Waals surface area contributed by atoms with Crippen LogP contribution in [-0.4, -0.2) is 16.7 Å². The van der Waals surface area contributed by atoms with E-state index >= 15 is 0 Å². The molecule has 1 aromatic rings. The van der Waals surface area contributed by atoms with Gasteiger partial charge in [0.25, 0.3) is 0 Å². The van der Waals surface area contributed by atoms with Crippen LogP contribution in [0.4, 0.5) is 0 Å². The lowest BCUT2D eigenvalue weighted by Crippen LogP contribution is -2.25. The van der Waals surface area contributed by atoms with Crippen LogP contribution < -0.4 is 0 Å². The van der Waals surface area contributed by atoms with E-state index < -0.39 is 5.78 Å². The molecule has 0 amide bonds. The van der Waals surface area contributed by atoms with Gasteiger partial charge >= 0.3 is 0 Å². The van der Waals surface area contributed by atoms with Crippen molar-refractivity contribution in [2.24, 2.45) is 5.92 Å². The van der Waals surface area contributed by atoms with Gasteiger partial charge in [-0.15, -0.1) is 0 Å². The van der Waals surface area contributed by atoms with Gasteiger partial charge in [-0.2, -0.15) is 0 Å². The van der Waals surface area contributed by atoms with Crippen LogP contribution in [0.1, 0.15) is 47.4 Å². The van der Waals surface area contributed by atoms with Crippen LogP contribution >= 0.6 is 0 Å². The first-order valence-electron chi connectivity index (χ1n) is 6.19. The lowest BCUT2D eigenvalue weighted by atomic mass is 9.81. The van der Waals surface area contributed by atoms with Crippen molar-refractivity contribution < 1.29 is 14.7 Å². The number of aliphatic hydroxyl groups is 1. The minimum Gasteiger partial charge on any atom is -0.504 e. The van der Waals surface area contributed by atoms with E-state index in [0.717, 1.165) is 12.8 Å². The third kappa shape index (κ3) is 1.86. The van der Waals surface area contributed by atoms with Crippen LogP contribution in [-0.2, 0) is 0 Å². The average Bonchev–Trinajstić information content (AvgIpc) is 2.37. The number of fused-ring (bicyclic) bond motifs is 1. The topological polar surface area (TPSA) is 54.4 Å². The maximum Gasteiger partial charge on any atom is 0.228 e. The summed E-state index contributed by atoms with van der Waals surface area (Å²) in [6.45, 7) is 3.88. The Kier molecular flexibility index (Phi) is 3.32. The fourth-order valence-electron chi connectivity index (χ4n) is 2.42. The molecule has 1 unspecified atom stereocenters. The van der Waals surface area contributed by atoms with E-state index in [9.17, 15) is 14.7 Å². The maximum atomic E-state index is 12.3. The van der Waals surface area contributed by atoms with Crippen LogP contribution in [0.15, 0.2) is 35.6 Å². The molecule has 1 atom stereocenters. The summed E-state index contributed by atoms with van der Waals surface area (Å²) < 4.78 is 0. The van der Waals surface area contributed by atoms with Crippen molar-refractivity contribution in [1.29, 1.82) is 0 Å². The molecule has 3 heteroatoms. The number of hydrogen-bond acceptors (Lipinski definition) is 3. The van der Waals surface area contributed by atoms with Crippen molar-refractivity contribution in [2.45, 2.75) is 26.7 Å². The van der Waals surface area contributed by atoms with Gasteiger partial charge < -0.3 is 5.11 Å². The number of aliphatic hydroxyl groups excluding tert-OH is 1. The Morgan fingerprint density at radius 2 is 1.67 bits per heavy atom. The lowest BCUT2D eigenvalue weighted by Gasteiger charge is -2.21. The molecule has 0 aliphatic heterocycles. The Balaban J connectivity index is 2.53. The van der Waals surface area contributed by atoms with Crippen molar-refractivity contribution >= 4 is 11.6 Å². The van der Waals surface area contributed by atoms with E-state index in [0.29, 0.717) is 11.1 Å². The summed E-state index contributed by atoms with van der Waals surface area (Å²) in [6, 6.07) is 6.64. The predicted molar refractivity (Wildman–Crippen MR) is 68.8 cm³/mol. The largest absolute Gasteiger partial charge is 0.504 e. The first-order valence-corrected chi connectivity index (χ1v) is 6.19. The normalized spacial score (nSPS) is 16.8. The minimum atomic E-state index is -0.442. The molecule has 0 radical (unpaired) electrons. The zero-order valence-electron chi connectivity index (χ0n) is 10.6. The highest BCUT2D eigenvalue weighted by molar-refractivity contribution is 6.26. The first-order chi connectivity index (χ1) is 8.57. The van der Waals surface area contributed by atoms with Crippen LogP contribution in [0, 0.1) is 5.92 Å². The van der Waals surface area contributed by atoms with E-state index in [4.69, 9.17) is 0 Å². The van der Waals surface area contributed by atoms with Crippen molar-refractivity contribution in [3.8, 4) is 0 Å². The Morgan fingerprint density at radius 3 is 2.22 bits per heavy atom. The molecule has 0 spiro atoms. The predicted octanol–water partition coefficient (Wildman–Crippen LogP) is 3.31. The van der Waals surface area contributed by atoms with E-state index in [2.05, 4.69) is 0 Å². The molecule has 1 N–H and O–H groups in total.